The molecule has 2 heterocycles. The van der Waals surface area contributed by atoms with Gasteiger partial charge in [-0.15, -0.1) is 0 Å². The number of esters is 4. The summed E-state index contributed by atoms with van der Waals surface area (Å²) in [6, 6.07) is 3.17. The number of carboxylic acid groups (broad SMARTS) is 2. The maximum Gasteiger partial charge on any atom is 0.339 e. The molecule has 418 valence electrons. The Balaban J connectivity index is 1.37. The molecule has 0 spiro atoms. The molecule has 19 N–H and O–H groups in total. The predicted molar refractivity (Wildman–Crippen MR) is 247 cm³/mol. The van der Waals surface area contributed by atoms with Gasteiger partial charge in [0.2, 0.25) is 46.9 Å². The van der Waals surface area contributed by atoms with Crippen LogP contribution in [0.2, 0.25) is 0 Å². The van der Waals surface area contributed by atoms with Gasteiger partial charge in [-0.1, -0.05) is 0 Å². The van der Waals surface area contributed by atoms with Crippen LogP contribution in [0.3, 0.4) is 0 Å². The summed E-state index contributed by atoms with van der Waals surface area (Å²) < 4.78 is 39.3. The molecule has 1 saturated heterocycles. The van der Waals surface area contributed by atoms with Crippen molar-refractivity contribution in [2.45, 2.75) is 30.7 Å². The topological polar surface area (TPSA) is 551 Å². The number of phenols is 17. The molecule has 2 aliphatic heterocycles. The molecule has 6 aromatic rings. The van der Waals surface area contributed by atoms with Crippen LogP contribution in [-0.4, -0.2) is 170 Å². The molecule has 5 atom stereocenters. The summed E-state index contributed by atoms with van der Waals surface area (Å²) in [5, 5.41) is 199. The summed E-state index contributed by atoms with van der Waals surface area (Å²) in [5.74, 6) is -38.9. The van der Waals surface area contributed by atoms with Gasteiger partial charge in [0.05, 0.1) is 22.3 Å². The zero-order valence-electron chi connectivity index (χ0n) is 39.0. The number of carbonyl (C=O) groups excluding carboxylic acids is 4. The van der Waals surface area contributed by atoms with Crippen molar-refractivity contribution in [2.75, 3.05) is 6.61 Å². The van der Waals surface area contributed by atoms with Crippen molar-refractivity contribution in [2.24, 2.45) is 0 Å². The van der Waals surface area contributed by atoms with Gasteiger partial charge in [0.15, 0.2) is 92.7 Å². The first-order chi connectivity index (χ1) is 37.5. The minimum absolute atomic E-state index is 0.291. The molecule has 6 aromatic carbocycles. The standard InChI is InChI=1S/C48H34O32/c49-16-1-10(2-17(50)27(16)56)44(70)78-40-39-24(76-48(80-38-15(43(68)69)7-22(55)31(60)36(38)65)41(40)79-45(71)11-3-18(51)28(57)19(52)4-11)9-74-46(72)13-8-23(75-37-14(42(66)67)6-21(54)30(59)35(37)64)32(61)34(63)26(13)25-12(47(73)77-39)5-20(53)29(58)33(25)62/h1-8,24,39-41,48-65H,9H2,(H,66,67)(H,68,69)/t24-,39-,40+,41-,48+/m1/s1. The molecule has 32 nitrogen and oxygen atoms in total. The smallest absolute Gasteiger partial charge is 0.339 e. The molecule has 0 saturated carbocycles. The van der Waals surface area contributed by atoms with Crippen LogP contribution in [0.1, 0.15) is 62.1 Å². The molecule has 0 unspecified atom stereocenters. The zero-order valence-corrected chi connectivity index (χ0v) is 39.0. The molecule has 8 rings (SSSR count). The summed E-state index contributed by atoms with van der Waals surface area (Å²) in [6.07, 6.45) is -13.2. The van der Waals surface area contributed by atoms with Gasteiger partial charge < -0.3 is 130 Å². The molecular weight excluding hydrogens is 1090 g/mol. The first kappa shape index (κ1) is 54.6. The normalized spacial score (nSPS) is 17.7. The predicted octanol–water partition coefficient (Wildman–Crippen LogP) is 2.49. The van der Waals surface area contributed by atoms with Crippen molar-refractivity contribution in [3.8, 4) is 126 Å². The van der Waals surface area contributed by atoms with Gasteiger partial charge in [-0.05, 0) is 30.3 Å². The van der Waals surface area contributed by atoms with Crippen LogP contribution in [0.15, 0.2) is 48.5 Å². The Morgan fingerprint density at radius 3 is 1.36 bits per heavy atom. The maximum atomic E-state index is 14.8. The fraction of sp³-hybridized carbons (Fsp3) is 0.125. The van der Waals surface area contributed by atoms with E-state index in [1.54, 1.807) is 0 Å². The largest absolute Gasteiger partial charge is 0.504 e. The van der Waals surface area contributed by atoms with E-state index in [1.165, 1.54) is 0 Å². The van der Waals surface area contributed by atoms with Crippen LogP contribution >= 0.6 is 0 Å². The molecule has 80 heavy (non-hydrogen) atoms. The van der Waals surface area contributed by atoms with Crippen molar-refractivity contribution < 1.29 is 159 Å². The molecule has 0 aliphatic carbocycles. The Bertz CT molecular complexity index is 3630. The van der Waals surface area contributed by atoms with Crippen LogP contribution in [-0.2, 0) is 23.7 Å². The van der Waals surface area contributed by atoms with E-state index in [2.05, 4.69) is 0 Å². The fourth-order valence-corrected chi connectivity index (χ4v) is 7.96. The average Bonchev–Trinajstić information content (AvgIpc) is 3.41. The molecule has 0 amide bonds. The maximum absolute atomic E-state index is 14.8. The van der Waals surface area contributed by atoms with Crippen molar-refractivity contribution in [1.29, 1.82) is 0 Å². The highest BCUT2D eigenvalue weighted by Gasteiger charge is 2.55. The number of aromatic carboxylic acids is 2. The van der Waals surface area contributed by atoms with E-state index in [4.69, 9.17) is 33.2 Å². The van der Waals surface area contributed by atoms with E-state index in [9.17, 15) is 126 Å². The number of phenolic OH excluding ortho intramolecular Hbond substituents is 17. The van der Waals surface area contributed by atoms with Gasteiger partial charge in [-0.25, -0.2) is 28.8 Å². The van der Waals surface area contributed by atoms with E-state index in [0.29, 0.717) is 48.5 Å². The van der Waals surface area contributed by atoms with Gasteiger partial charge in [0, 0.05) is 29.3 Å². The number of carboxylic acids is 2. The monoisotopic (exact) mass is 1120 g/mol. The third-order valence-corrected chi connectivity index (χ3v) is 11.8. The highest BCUT2D eigenvalue weighted by Crippen LogP contribution is 2.56. The van der Waals surface area contributed by atoms with Crippen molar-refractivity contribution in [3.63, 3.8) is 0 Å². The number of fused-ring (bicyclic) bond motifs is 4. The van der Waals surface area contributed by atoms with E-state index in [-0.39, 0.29) is 0 Å². The molecule has 2 aliphatic rings. The quantitative estimate of drug-likeness (QED) is 0.0532. The lowest BCUT2D eigenvalue weighted by atomic mass is 9.91. The molecule has 32 heteroatoms. The SMILES string of the molecule is O=C(O[C@@H]1[C@@H](OC(=O)c2cc(O)c(O)c(O)c2)[C@H](Oc2c(C(=O)O)cc(O)c(O)c2O)O[C@@H]2COC(=O)c3cc(Oc4c(C(=O)O)cc(O)c(O)c4O)c(O)c(O)c3-c3c(cc(O)c(O)c3O)C(=O)O[C@@H]12)c1cc(O)c(O)c(O)c1. The van der Waals surface area contributed by atoms with E-state index < -0.39 is 233 Å². The minimum Gasteiger partial charge on any atom is -0.504 e. The van der Waals surface area contributed by atoms with Gasteiger partial charge in [0.25, 0.3) is 0 Å². The highest BCUT2D eigenvalue weighted by atomic mass is 16.7. The summed E-state index contributed by atoms with van der Waals surface area (Å²) in [5.41, 5.74) is -9.27. The average molecular weight is 1120 g/mol. The van der Waals surface area contributed by atoms with Crippen LogP contribution < -0.4 is 9.47 Å². The number of aromatic hydroxyl groups is 17. The van der Waals surface area contributed by atoms with Crippen LogP contribution in [0.4, 0.5) is 0 Å². The second-order valence-electron chi connectivity index (χ2n) is 16.8. The van der Waals surface area contributed by atoms with Crippen molar-refractivity contribution in [1.82, 2.24) is 0 Å². The number of rotatable bonds is 10. The molecular formula is C48H34O32. The molecule has 0 radical (unpaired) electrons. The van der Waals surface area contributed by atoms with Gasteiger partial charge in [-0.2, -0.15) is 0 Å². The van der Waals surface area contributed by atoms with E-state index >= 15 is 0 Å². The fourth-order valence-electron chi connectivity index (χ4n) is 7.96. The Morgan fingerprint density at radius 2 is 0.863 bits per heavy atom. The third kappa shape index (κ3) is 9.41. The number of benzene rings is 6. The molecule has 0 bridgehead atoms. The number of hydrogen-bond acceptors (Lipinski definition) is 30. The van der Waals surface area contributed by atoms with E-state index in [1.807, 2.05) is 0 Å². The van der Waals surface area contributed by atoms with Crippen molar-refractivity contribution >= 4 is 35.8 Å². The summed E-state index contributed by atoms with van der Waals surface area (Å²) >= 11 is 0. The first-order valence-electron chi connectivity index (χ1n) is 21.7. The van der Waals surface area contributed by atoms with Crippen LogP contribution in [0.5, 0.6) is 115 Å². The Kier molecular flexibility index (Phi) is 13.7. The summed E-state index contributed by atoms with van der Waals surface area (Å²) in [7, 11) is 0. The summed E-state index contributed by atoms with van der Waals surface area (Å²) in [4.78, 5) is 82.2. The van der Waals surface area contributed by atoms with Crippen LogP contribution in [0.25, 0.3) is 11.1 Å². The lowest BCUT2D eigenvalue weighted by Crippen LogP contribution is -2.64. The Morgan fingerprint density at radius 1 is 0.450 bits per heavy atom. The zero-order chi connectivity index (χ0) is 58.8. The van der Waals surface area contributed by atoms with Crippen molar-refractivity contribution in [3.05, 3.63) is 81.9 Å². The number of hydrogen-bond donors (Lipinski definition) is 19. The van der Waals surface area contributed by atoms with Crippen LogP contribution in [0, 0.1) is 0 Å². The Hall–Kier alpha value is -11.7. The van der Waals surface area contributed by atoms with E-state index in [0.717, 1.165) is 0 Å². The number of cyclic esters (lactones) is 1. The lowest BCUT2D eigenvalue weighted by Gasteiger charge is -2.44. The van der Waals surface area contributed by atoms with Gasteiger partial charge in [-0.3, -0.25) is 0 Å². The second-order valence-corrected chi connectivity index (χ2v) is 16.8. The molecule has 0 aromatic heterocycles. The van der Waals surface area contributed by atoms with Gasteiger partial charge >= 0.3 is 35.8 Å². The second kappa shape index (κ2) is 20.1. The molecule has 1 fully saturated rings. The third-order valence-electron chi connectivity index (χ3n) is 11.8. The highest BCUT2D eigenvalue weighted by molar-refractivity contribution is 6.08. The first-order valence-corrected chi connectivity index (χ1v) is 21.7. The minimum atomic E-state index is -2.75. The number of ether oxygens (including phenoxy) is 7. The van der Waals surface area contributed by atoms with Gasteiger partial charge in [0.1, 0.15) is 23.8 Å². The summed E-state index contributed by atoms with van der Waals surface area (Å²) in [6.45, 7) is -1.48. The Labute approximate surface area is 439 Å². The lowest BCUT2D eigenvalue weighted by molar-refractivity contribution is -0.275. The number of carbonyl (C=O) groups is 6.